The summed E-state index contributed by atoms with van der Waals surface area (Å²) in [6.07, 6.45) is -0.686. The van der Waals surface area contributed by atoms with Crippen LogP contribution < -0.4 is 97.4 Å². The molecule has 2 aromatic heterocycles. The minimum Gasteiger partial charge on any atom is -0.481 e. The number of carbonyl (C=O) groups excluding carboxylic acids is 14. The van der Waals surface area contributed by atoms with E-state index in [-0.39, 0.29) is 57.5 Å². The van der Waals surface area contributed by atoms with Crippen LogP contribution in [0.5, 0.6) is 0 Å². The Morgan fingerprint density at radius 1 is 0.402 bits per heavy atom. The molecule has 700 valence electrons. The van der Waals surface area contributed by atoms with Crippen LogP contribution in [0.2, 0.25) is 0 Å². The van der Waals surface area contributed by atoms with E-state index in [9.17, 15) is 117 Å². The topological polar surface area (TPSA) is 753 Å². The van der Waals surface area contributed by atoms with Crippen molar-refractivity contribution in [1.82, 2.24) is 84.4 Å². The van der Waals surface area contributed by atoms with Gasteiger partial charge in [-0.3, -0.25) is 91.7 Å². The molecule has 0 aliphatic heterocycles. The summed E-state index contributed by atoms with van der Waals surface area (Å²) >= 11 is 1.31. The molecule has 0 fully saturated rings. The molecule has 0 unspecified atom stereocenters. The number of carbonyl (C=O) groups is 19. The fraction of sp³-hybridized carbons (Fsp3) is 0.556. The minimum absolute atomic E-state index is 0.0111. The Balaban J connectivity index is 1.61. The normalized spacial score (nSPS) is 14.5. The van der Waals surface area contributed by atoms with E-state index in [2.05, 4.69) is 84.4 Å². The van der Waals surface area contributed by atoms with Crippen LogP contribution in [-0.2, 0) is 104 Å². The zero-order valence-electron chi connectivity index (χ0n) is 71.4. The number of nitrogens with one attached hydrogen (secondary N) is 17. The number of thioether (sulfide) groups is 1. The third-order valence-electron chi connectivity index (χ3n) is 20.1. The standard InChI is InChI=1S/C81H121N21O24S/c1-42(2)35-60(78(124)91-44(4)68(114)93-53(20-11-13-32-83)72(118)92-47(41-103)15-10-12-31-82)100-75(121)57(24-28-65(108)109)98-74(120)56(23-27-64(106)107)94-69(115)43(3)90-71(117)55(22-26-63(104)105)97-73(119)54(21-14-33-87-81(85)86)96-80(126)62(38-67(112)113)102-79(125)61(37-46-40-89-52-19-9-7-17-49(46)52)101-76(122)58(25-29-66(110)111)99-77(123)59(30-34-127-5)95-70(116)50(84)36-45-39-88-51-18-8-6-16-48(45)51/h6-9,16-19,39-44,47,50,53-62,88-89H,10-15,20-38,82-84H2,1-5H3,(H,90,117)(H,91,124)(H,92,118)(H,93,114)(H,94,115)(H,95,116)(H,96,126)(H,97,119)(H,98,120)(H,99,123)(H,100,121)(H,101,122)(H,102,125)(H,104,105)(H,106,107)(H,108,109)(H,110,111)(H,112,113)(H4,85,86,87)/t43-,44-,47-,50-,53-,54-,55-,56-,57-,58-,59-,60-,61-,62-/m0/s1. The van der Waals surface area contributed by atoms with Crippen molar-refractivity contribution in [2.45, 2.75) is 247 Å². The molecule has 127 heavy (non-hydrogen) atoms. The lowest BCUT2D eigenvalue weighted by Crippen LogP contribution is -2.61. The number of amides is 13. The summed E-state index contributed by atoms with van der Waals surface area (Å²) in [5, 5.41) is 92.3. The Labute approximate surface area is 735 Å². The zero-order valence-corrected chi connectivity index (χ0v) is 72.2. The third kappa shape index (κ3) is 38.7. The molecule has 0 aliphatic rings. The number of unbranched alkanes of at least 4 members (excludes halogenated alkanes) is 2. The molecule has 2 aromatic carbocycles. The average Bonchev–Trinajstić information content (AvgIpc) is 1.68. The second-order valence-corrected chi connectivity index (χ2v) is 31.8. The van der Waals surface area contributed by atoms with Gasteiger partial charge in [-0.05, 0) is 164 Å². The van der Waals surface area contributed by atoms with Crippen LogP contribution in [0, 0.1) is 11.3 Å². The Bertz CT molecular complexity index is 4470. The van der Waals surface area contributed by atoms with Crippen molar-refractivity contribution < 1.29 is 117 Å². The number of aromatic nitrogens is 2. The molecule has 0 spiro atoms. The number of guanidine groups is 1. The van der Waals surface area contributed by atoms with E-state index in [0.717, 1.165) is 17.8 Å². The van der Waals surface area contributed by atoms with Gasteiger partial charge < -0.3 is 138 Å². The molecule has 0 saturated carbocycles. The van der Waals surface area contributed by atoms with Gasteiger partial charge in [0.05, 0.1) is 18.5 Å². The van der Waals surface area contributed by atoms with Gasteiger partial charge in [-0.15, -0.1) is 0 Å². The maximum absolute atomic E-state index is 14.9. The maximum Gasteiger partial charge on any atom is 0.305 e. The molecule has 13 amide bonds. The Morgan fingerprint density at radius 2 is 0.740 bits per heavy atom. The highest BCUT2D eigenvalue weighted by molar-refractivity contribution is 7.98. The lowest BCUT2D eigenvalue weighted by atomic mass is 10.0. The zero-order chi connectivity index (χ0) is 94.6. The predicted molar refractivity (Wildman–Crippen MR) is 462 cm³/mol. The monoisotopic (exact) mass is 1800 g/mol. The summed E-state index contributed by atoms with van der Waals surface area (Å²) in [6.45, 7) is 6.08. The Kier molecular flexibility index (Phi) is 46.5. The van der Waals surface area contributed by atoms with Crippen LogP contribution in [0.4, 0.5) is 0 Å². The first-order chi connectivity index (χ1) is 60.2. The van der Waals surface area contributed by atoms with Crippen molar-refractivity contribution in [3.05, 3.63) is 72.1 Å². The number of hydrogen-bond acceptors (Lipinski definition) is 24. The van der Waals surface area contributed by atoms with Crippen LogP contribution in [0.1, 0.15) is 161 Å². The highest BCUT2D eigenvalue weighted by Crippen LogP contribution is 2.22. The van der Waals surface area contributed by atoms with E-state index < -0.39 is 268 Å². The first-order valence-corrected chi connectivity index (χ1v) is 42.9. The van der Waals surface area contributed by atoms with E-state index in [4.69, 9.17) is 28.3 Å². The molecule has 0 saturated heterocycles. The second-order valence-electron chi connectivity index (χ2n) is 30.8. The van der Waals surface area contributed by atoms with Crippen molar-refractivity contribution in [2.24, 2.45) is 28.9 Å². The highest BCUT2D eigenvalue weighted by atomic mass is 32.2. The van der Waals surface area contributed by atoms with Gasteiger partial charge in [0.1, 0.15) is 78.8 Å². The van der Waals surface area contributed by atoms with Crippen molar-refractivity contribution in [2.75, 3.05) is 31.6 Å². The van der Waals surface area contributed by atoms with Gasteiger partial charge >= 0.3 is 29.8 Å². The summed E-state index contributed by atoms with van der Waals surface area (Å²) in [5.74, 6) is -22.6. The van der Waals surface area contributed by atoms with Gasteiger partial charge in [-0.1, -0.05) is 50.2 Å². The number of carboxylic acid groups (broad SMARTS) is 5. The van der Waals surface area contributed by atoms with Crippen LogP contribution in [-0.4, -0.2) is 271 Å². The molecule has 2 heterocycles. The SMILES string of the molecule is CSCC[C@H](NC(=O)[C@@H](N)Cc1c[nH]c2ccccc12)C(=O)N[C@@H](CCC(=O)O)C(=O)N[C@@H](Cc1c[nH]c2ccccc12)C(=O)N[C@@H](CC(=O)O)C(=O)N[C@@H](CCCNC(=N)N)C(=O)N[C@@H](CCC(=O)O)C(=O)N[C@@H](C)C(=O)N[C@@H](CCC(=O)O)C(=O)N[C@@H](CCC(=O)O)C(=O)N[C@@H](CC(C)C)C(=O)N[C@@H](C)C(=O)N[C@@H](CCCCN)C(=O)N[C@H](C=O)CCCCN. The number of carboxylic acids is 5. The van der Waals surface area contributed by atoms with Gasteiger partial charge in [-0.25, -0.2) is 0 Å². The molecule has 14 atom stereocenters. The van der Waals surface area contributed by atoms with E-state index in [1.807, 2.05) is 18.2 Å². The van der Waals surface area contributed by atoms with Gasteiger partial charge in [0.25, 0.3) is 0 Å². The van der Waals surface area contributed by atoms with Gasteiger partial charge in [0, 0.05) is 72.8 Å². The summed E-state index contributed by atoms with van der Waals surface area (Å²) < 4.78 is 0. The van der Waals surface area contributed by atoms with Gasteiger partial charge in [0.2, 0.25) is 76.8 Å². The lowest BCUT2D eigenvalue weighted by molar-refractivity contribution is -0.142. The summed E-state index contributed by atoms with van der Waals surface area (Å²) in [6, 6.07) is -8.70. The first kappa shape index (κ1) is 106. The van der Waals surface area contributed by atoms with Crippen molar-refractivity contribution >= 4 is 152 Å². The Morgan fingerprint density at radius 3 is 1.15 bits per heavy atom. The minimum atomic E-state index is -2.16. The smallest absolute Gasteiger partial charge is 0.305 e. The van der Waals surface area contributed by atoms with Crippen molar-refractivity contribution in [3.63, 3.8) is 0 Å². The first-order valence-electron chi connectivity index (χ1n) is 41.5. The Hall–Kier alpha value is -12.8. The summed E-state index contributed by atoms with van der Waals surface area (Å²) in [5.41, 5.74) is 25.5. The predicted octanol–water partition coefficient (Wildman–Crippen LogP) is -3.44. The number of fused-ring (bicyclic) bond motifs is 2. The molecule has 0 bridgehead atoms. The van der Waals surface area contributed by atoms with Crippen molar-refractivity contribution in [1.29, 1.82) is 5.41 Å². The van der Waals surface area contributed by atoms with Crippen LogP contribution in [0.25, 0.3) is 21.8 Å². The van der Waals surface area contributed by atoms with E-state index in [0.29, 0.717) is 66.3 Å². The number of benzene rings is 2. The molecule has 0 aliphatic carbocycles. The molecular weight excluding hydrogens is 1680 g/mol. The summed E-state index contributed by atoms with van der Waals surface area (Å²) in [4.78, 5) is 264. The van der Waals surface area contributed by atoms with Crippen LogP contribution in [0.15, 0.2) is 60.9 Å². The van der Waals surface area contributed by atoms with Crippen LogP contribution in [0.3, 0.4) is 0 Å². The highest BCUT2D eigenvalue weighted by Gasteiger charge is 2.39. The molecule has 46 heteroatoms. The number of aromatic amines is 2. The third-order valence-corrected chi connectivity index (χ3v) is 20.7. The van der Waals surface area contributed by atoms with Crippen molar-refractivity contribution in [3.8, 4) is 0 Å². The number of aldehydes is 1. The average molecular weight is 1810 g/mol. The van der Waals surface area contributed by atoms with Gasteiger partial charge in [0.15, 0.2) is 5.96 Å². The number of rotatable bonds is 62. The van der Waals surface area contributed by atoms with E-state index in [1.54, 1.807) is 56.6 Å². The molecule has 4 aromatic rings. The molecule has 0 radical (unpaired) electrons. The van der Waals surface area contributed by atoms with E-state index >= 15 is 0 Å². The molecule has 4 rings (SSSR count). The fourth-order valence-corrected chi connectivity index (χ4v) is 13.6. The quantitative estimate of drug-likeness (QED) is 0.00885. The lowest BCUT2D eigenvalue weighted by Gasteiger charge is -2.28. The fourth-order valence-electron chi connectivity index (χ4n) is 13.2. The molecular formula is C81H121N21O24S. The largest absolute Gasteiger partial charge is 0.481 e. The number of H-pyrrole nitrogens is 2. The number of para-hydroxylation sites is 2. The number of hydrogen-bond donors (Lipinski definition) is 26. The summed E-state index contributed by atoms with van der Waals surface area (Å²) in [7, 11) is 0. The van der Waals surface area contributed by atoms with Crippen LogP contribution >= 0.6 is 11.8 Å². The van der Waals surface area contributed by atoms with Gasteiger partial charge in [-0.2, -0.15) is 11.8 Å². The maximum atomic E-state index is 14.9. The molecule has 30 N–H and O–H groups in total. The molecule has 45 nitrogen and oxygen atoms in total. The van der Waals surface area contributed by atoms with E-state index in [1.165, 1.54) is 24.9 Å². The second kappa shape index (κ2) is 55.5. The number of aliphatic carboxylic acids is 5. The number of nitrogens with two attached hydrogens (primary N) is 4.